The summed E-state index contributed by atoms with van der Waals surface area (Å²) in [6.07, 6.45) is 3.39. The van der Waals surface area contributed by atoms with Gasteiger partial charge in [-0.2, -0.15) is 0 Å². The van der Waals surface area contributed by atoms with Crippen LogP contribution in [0.25, 0.3) is 0 Å². The SMILES string of the molecule is CN=C(NCC(c1cccc(C)c1)N1CCOCC1)N1CCC(OCCCOC)CC1. The Labute approximate surface area is 187 Å². The van der Waals surface area contributed by atoms with Gasteiger partial charge in [-0.05, 0) is 31.7 Å². The number of guanidine groups is 1. The fourth-order valence-electron chi connectivity index (χ4n) is 4.43. The lowest BCUT2D eigenvalue weighted by Gasteiger charge is -2.37. The molecule has 31 heavy (non-hydrogen) atoms. The molecule has 1 unspecified atom stereocenters. The number of likely N-dealkylation sites (tertiary alicyclic amines) is 1. The number of rotatable bonds is 9. The Kier molecular flexibility index (Phi) is 10.1. The molecular formula is C24H40N4O3. The zero-order valence-electron chi connectivity index (χ0n) is 19.5. The van der Waals surface area contributed by atoms with Crippen molar-refractivity contribution in [3.63, 3.8) is 0 Å². The first kappa shape index (κ1) is 24.0. The van der Waals surface area contributed by atoms with Crippen molar-refractivity contribution < 1.29 is 14.2 Å². The molecule has 2 saturated heterocycles. The summed E-state index contributed by atoms with van der Waals surface area (Å²) in [4.78, 5) is 9.47. The number of morpholine rings is 1. The summed E-state index contributed by atoms with van der Waals surface area (Å²) >= 11 is 0. The summed E-state index contributed by atoms with van der Waals surface area (Å²) < 4.78 is 16.7. The second kappa shape index (κ2) is 13.0. The number of hydrogen-bond donors (Lipinski definition) is 1. The van der Waals surface area contributed by atoms with Crippen molar-refractivity contribution in [2.45, 2.75) is 38.3 Å². The molecule has 0 spiro atoms. The average Bonchev–Trinajstić information content (AvgIpc) is 2.81. The van der Waals surface area contributed by atoms with E-state index in [1.807, 2.05) is 7.05 Å². The lowest BCUT2D eigenvalue weighted by Crippen LogP contribution is -2.50. The van der Waals surface area contributed by atoms with Gasteiger partial charge in [0.15, 0.2) is 5.96 Å². The van der Waals surface area contributed by atoms with Crippen molar-refractivity contribution >= 4 is 5.96 Å². The van der Waals surface area contributed by atoms with Gasteiger partial charge in [0.2, 0.25) is 0 Å². The molecule has 3 rings (SSSR count). The molecule has 2 aliphatic rings. The first-order chi connectivity index (χ1) is 15.2. The topological polar surface area (TPSA) is 58.6 Å². The van der Waals surface area contributed by atoms with Crippen LogP contribution in [0.3, 0.4) is 0 Å². The zero-order valence-corrected chi connectivity index (χ0v) is 19.5. The van der Waals surface area contributed by atoms with Crippen molar-refractivity contribution in [1.29, 1.82) is 0 Å². The number of piperidine rings is 1. The number of nitrogens with one attached hydrogen (secondary N) is 1. The standard InChI is InChI=1S/C24H40N4O3/c1-20-6-4-7-21(18-20)23(27-12-16-30-17-13-27)19-26-24(25-2)28-10-8-22(9-11-28)31-15-5-14-29-3/h4,6-7,18,22-23H,5,8-17,19H2,1-3H3,(H,25,26). The van der Waals surface area contributed by atoms with Crippen LogP contribution in [0, 0.1) is 6.92 Å². The zero-order chi connectivity index (χ0) is 21.9. The molecule has 0 aliphatic carbocycles. The molecule has 1 atom stereocenters. The highest BCUT2D eigenvalue weighted by Crippen LogP contribution is 2.22. The normalized spacial score (nSPS) is 20.1. The third kappa shape index (κ3) is 7.45. The summed E-state index contributed by atoms with van der Waals surface area (Å²) in [5.74, 6) is 0.990. The maximum Gasteiger partial charge on any atom is 0.193 e. The van der Waals surface area contributed by atoms with Crippen molar-refractivity contribution in [2.75, 3.05) is 73.3 Å². The maximum atomic E-state index is 6.01. The highest BCUT2D eigenvalue weighted by atomic mass is 16.5. The molecule has 2 aliphatic heterocycles. The van der Waals surface area contributed by atoms with E-state index in [4.69, 9.17) is 14.2 Å². The van der Waals surface area contributed by atoms with E-state index in [1.165, 1.54) is 11.1 Å². The number of nitrogens with zero attached hydrogens (tertiary/aromatic N) is 3. The highest BCUT2D eigenvalue weighted by molar-refractivity contribution is 5.80. The molecule has 0 saturated carbocycles. The quantitative estimate of drug-likeness (QED) is 0.368. The van der Waals surface area contributed by atoms with Gasteiger partial charge in [0.25, 0.3) is 0 Å². The number of hydrogen-bond acceptors (Lipinski definition) is 5. The van der Waals surface area contributed by atoms with E-state index >= 15 is 0 Å². The monoisotopic (exact) mass is 432 g/mol. The molecule has 1 N–H and O–H groups in total. The van der Waals surface area contributed by atoms with Gasteiger partial charge in [0.1, 0.15) is 0 Å². The summed E-state index contributed by atoms with van der Waals surface area (Å²) in [5, 5.41) is 3.67. The Morgan fingerprint density at radius 2 is 1.97 bits per heavy atom. The van der Waals surface area contributed by atoms with E-state index in [-0.39, 0.29) is 0 Å². The number of benzene rings is 1. The third-order valence-corrected chi connectivity index (χ3v) is 6.17. The maximum absolute atomic E-state index is 6.01. The molecule has 0 radical (unpaired) electrons. The van der Waals surface area contributed by atoms with E-state index in [9.17, 15) is 0 Å². The molecule has 0 aromatic heterocycles. The first-order valence-electron chi connectivity index (χ1n) is 11.7. The van der Waals surface area contributed by atoms with Crippen LogP contribution in [0.5, 0.6) is 0 Å². The summed E-state index contributed by atoms with van der Waals surface area (Å²) in [6.45, 7) is 10.0. The highest BCUT2D eigenvalue weighted by Gasteiger charge is 2.25. The number of aryl methyl sites for hydroxylation is 1. The van der Waals surface area contributed by atoms with Gasteiger partial charge in [-0.3, -0.25) is 9.89 Å². The van der Waals surface area contributed by atoms with Crippen LogP contribution < -0.4 is 5.32 Å². The van der Waals surface area contributed by atoms with E-state index < -0.39 is 0 Å². The number of methoxy groups -OCH3 is 1. The van der Waals surface area contributed by atoms with Crippen molar-refractivity contribution in [3.8, 4) is 0 Å². The Hall–Kier alpha value is -1.67. The fourth-order valence-corrected chi connectivity index (χ4v) is 4.43. The number of ether oxygens (including phenoxy) is 3. The Bertz CT molecular complexity index is 671. The predicted molar refractivity (Wildman–Crippen MR) is 125 cm³/mol. The van der Waals surface area contributed by atoms with Crippen LogP contribution in [-0.4, -0.2) is 95.2 Å². The molecule has 7 nitrogen and oxygen atoms in total. The molecule has 2 heterocycles. The van der Waals surface area contributed by atoms with E-state index in [0.29, 0.717) is 12.1 Å². The third-order valence-electron chi connectivity index (χ3n) is 6.17. The lowest BCUT2D eigenvalue weighted by molar-refractivity contribution is 0.00928. The van der Waals surface area contributed by atoms with E-state index in [2.05, 4.69) is 51.3 Å². The second-order valence-corrected chi connectivity index (χ2v) is 8.41. The largest absolute Gasteiger partial charge is 0.385 e. The summed E-state index contributed by atoms with van der Waals surface area (Å²) in [7, 11) is 3.62. The minimum absolute atomic E-state index is 0.308. The van der Waals surface area contributed by atoms with Gasteiger partial charge in [-0.25, -0.2) is 0 Å². The fraction of sp³-hybridized carbons (Fsp3) is 0.708. The van der Waals surface area contributed by atoms with Gasteiger partial charge in [0.05, 0.1) is 25.4 Å². The minimum Gasteiger partial charge on any atom is -0.385 e. The van der Waals surface area contributed by atoms with Crippen molar-refractivity contribution in [1.82, 2.24) is 15.1 Å². The van der Waals surface area contributed by atoms with E-state index in [0.717, 1.165) is 84.4 Å². The molecule has 7 heteroatoms. The molecule has 0 amide bonds. The molecule has 174 valence electrons. The van der Waals surface area contributed by atoms with Gasteiger partial charge < -0.3 is 24.4 Å². The van der Waals surface area contributed by atoms with Crippen LogP contribution in [-0.2, 0) is 14.2 Å². The van der Waals surface area contributed by atoms with Crippen molar-refractivity contribution in [3.05, 3.63) is 35.4 Å². The van der Waals surface area contributed by atoms with Crippen LogP contribution >= 0.6 is 0 Å². The van der Waals surface area contributed by atoms with Crippen LogP contribution in [0.2, 0.25) is 0 Å². The first-order valence-corrected chi connectivity index (χ1v) is 11.7. The van der Waals surface area contributed by atoms with Gasteiger partial charge in [-0.15, -0.1) is 0 Å². The van der Waals surface area contributed by atoms with E-state index in [1.54, 1.807) is 7.11 Å². The molecule has 1 aromatic carbocycles. The summed E-state index contributed by atoms with van der Waals surface area (Å²) in [6, 6.07) is 9.17. The Balaban J connectivity index is 1.54. The summed E-state index contributed by atoms with van der Waals surface area (Å²) in [5.41, 5.74) is 2.65. The second-order valence-electron chi connectivity index (χ2n) is 8.41. The predicted octanol–water partition coefficient (Wildman–Crippen LogP) is 2.46. The average molecular weight is 433 g/mol. The Morgan fingerprint density at radius 1 is 1.19 bits per heavy atom. The van der Waals surface area contributed by atoms with Crippen LogP contribution in [0.4, 0.5) is 0 Å². The van der Waals surface area contributed by atoms with Crippen molar-refractivity contribution in [2.24, 2.45) is 4.99 Å². The molecule has 0 bridgehead atoms. The van der Waals surface area contributed by atoms with Gasteiger partial charge >= 0.3 is 0 Å². The van der Waals surface area contributed by atoms with Gasteiger partial charge in [0, 0.05) is 60.1 Å². The molecule has 1 aromatic rings. The minimum atomic E-state index is 0.308. The van der Waals surface area contributed by atoms with Gasteiger partial charge in [-0.1, -0.05) is 29.8 Å². The molecular weight excluding hydrogens is 392 g/mol. The number of aliphatic imine (C=N–C) groups is 1. The molecule has 2 fully saturated rings. The van der Waals surface area contributed by atoms with Crippen LogP contribution in [0.15, 0.2) is 29.3 Å². The lowest BCUT2D eigenvalue weighted by atomic mass is 10.0. The smallest absolute Gasteiger partial charge is 0.193 e. The Morgan fingerprint density at radius 3 is 2.65 bits per heavy atom. The van der Waals surface area contributed by atoms with Crippen LogP contribution in [0.1, 0.15) is 36.4 Å².